The maximum Gasteiger partial charge on any atom is 0.414 e. The maximum absolute atomic E-state index is 13.2. The zero-order valence-electron chi connectivity index (χ0n) is 21.5. The molecule has 0 bridgehead atoms. The lowest BCUT2D eigenvalue weighted by molar-refractivity contribution is -0.114. The molecule has 0 unspecified atom stereocenters. The number of hydrogen-bond acceptors (Lipinski definition) is 8. The van der Waals surface area contributed by atoms with Gasteiger partial charge in [0.1, 0.15) is 17.6 Å². The number of alkyl carbamates (subject to hydrolysis) is 1. The van der Waals surface area contributed by atoms with Crippen LogP contribution in [0.5, 0.6) is 11.5 Å². The summed E-state index contributed by atoms with van der Waals surface area (Å²) in [4.78, 5) is 38.1. The Kier molecular flexibility index (Phi) is 9.39. The molecule has 0 saturated carbocycles. The Morgan fingerprint density at radius 3 is 2.49 bits per heavy atom. The second kappa shape index (κ2) is 13.1. The summed E-state index contributed by atoms with van der Waals surface area (Å²) >= 11 is 12.8. The fourth-order valence-electron chi connectivity index (χ4n) is 3.94. The number of hydrazone groups is 1. The highest BCUT2D eigenvalue weighted by Gasteiger charge is 2.25. The van der Waals surface area contributed by atoms with E-state index in [1.807, 2.05) is 5.32 Å². The molecule has 1 aliphatic heterocycles. The van der Waals surface area contributed by atoms with Gasteiger partial charge in [0.2, 0.25) is 5.71 Å². The molecule has 4 rings (SSSR count). The lowest BCUT2D eigenvalue weighted by Gasteiger charge is -2.29. The molecule has 0 aliphatic carbocycles. The molecule has 0 saturated heterocycles. The van der Waals surface area contributed by atoms with E-state index in [4.69, 9.17) is 27.9 Å². The number of amides is 3. The minimum atomic E-state index is -1.06. The molecule has 10 nitrogen and oxygen atoms in total. The lowest BCUT2D eigenvalue weighted by atomic mass is 9.98. The van der Waals surface area contributed by atoms with Gasteiger partial charge in [-0.3, -0.25) is 20.3 Å². The number of nitrogens with one attached hydrogen (secondary N) is 2. The fourth-order valence-corrected chi connectivity index (χ4v) is 4.51. The number of nitrogens with zero attached hydrogens (tertiary/aromatic N) is 3. The SMILES string of the molecule is CCOC(=O)NC(=O)C(C#N)=NNc1cc(Cl)c(Oc2ccc3c(c2)CCN(Cc2ccc(F)cc2)C3=O)c(Cl)c1. The predicted octanol–water partition coefficient (Wildman–Crippen LogP) is 5.69. The minimum absolute atomic E-state index is 0.0445. The van der Waals surface area contributed by atoms with Crippen molar-refractivity contribution < 1.29 is 28.2 Å². The summed E-state index contributed by atoms with van der Waals surface area (Å²) < 4.78 is 23.7. The first kappa shape index (κ1) is 29.3. The second-order valence-electron chi connectivity index (χ2n) is 8.65. The summed E-state index contributed by atoms with van der Waals surface area (Å²) in [5, 5.41) is 14.9. The number of anilines is 1. The number of nitriles is 1. The van der Waals surface area contributed by atoms with Crippen LogP contribution in [0.4, 0.5) is 14.9 Å². The van der Waals surface area contributed by atoms with Gasteiger partial charge in [0.15, 0.2) is 5.75 Å². The largest absolute Gasteiger partial charge is 0.454 e. The molecule has 1 heterocycles. The van der Waals surface area contributed by atoms with Gasteiger partial charge in [0.25, 0.3) is 11.8 Å². The molecule has 13 heteroatoms. The van der Waals surface area contributed by atoms with E-state index >= 15 is 0 Å². The molecule has 0 radical (unpaired) electrons. The first-order chi connectivity index (χ1) is 19.7. The van der Waals surface area contributed by atoms with Gasteiger partial charge in [-0.05, 0) is 66.9 Å². The summed E-state index contributed by atoms with van der Waals surface area (Å²) in [5.41, 5.74) is 4.27. The molecule has 1 aliphatic rings. The number of rotatable bonds is 8. The molecule has 41 heavy (non-hydrogen) atoms. The van der Waals surface area contributed by atoms with Gasteiger partial charge in [-0.15, -0.1) is 0 Å². The van der Waals surface area contributed by atoms with Gasteiger partial charge < -0.3 is 14.4 Å². The first-order valence-electron chi connectivity index (χ1n) is 12.2. The number of carbonyl (C=O) groups excluding carboxylic acids is 3. The van der Waals surface area contributed by atoms with Crippen LogP contribution in [0.15, 0.2) is 59.7 Å². The highest BCUT2D eigenvalue weighted by atomic mass is 35.5. The van der Waals surface area contributed by atoms with E-state index in [0.717, 1.165) is 11.1 Å². The summed E-state index contributed by atoms with van der Waals surface area (Å²) in [6.45, 7) is 2.46. The topological polar surface area (TPSA) is 133 Å². The Labute approximate surface area is 244 Å². The van der Waals surface area contributed by atoms with Crippen molar-refractivity contribution in [2.45, 2.75) is 19.9 Å². The molecule has 3 aromatic carbocycles. The molecular weight excluding hydrogens is 576 g/mol. The van der Waals surface area contributed by atoms with Crippen LogP contribution in [-0.2, 0) is 22.5 Å². The number of halogens is 3. The molecule has 0 fully saturated rings. The van der Waals surface area contributed by atoms with Gasteiger partial charge >= 0.3 is 6.09 Å². The van der Waals surface area contributed by atoms with E-state index in [0.29, 0.717) is 30.8 Å². The van der Waals surface area contributed by atoms with E-state index in [1.165, 1.54) is 24.3 Å². The molecule has 0 atom stereocenters. The minimum Gasteiger partial charge on any atom is -0.454 e. The smallest absolute Gasteiger partial charge is 0.414 e. The quantitative estimate of drug-likeness (QED) is 0.252. The molecule has 0 aromatic heterocycles. The van der Waals surface area contributed by atoms with Gasteiger partial charge in [-0.2, -0.15) is 10.4 Å². The third kappa shape index (κ3) is 7.30. The predicted molar refractivity (Wildman–Crippen MR) is 150 cm³/mol. The Balaban J connectivity index is 1.44. The van der Waals surface area contributed by atoms with Crippen molar-refractivity contribution in [1.29, 1.82) is 5.26 Å². The monoisotopic (exact) mass is 597 g/mol. The highest BCUT2D eigenvalue weighted by molar-refractivity contribution is 6.47. The lowest BCUT2D eigenvalue weighted by Crippen LogP contribution is -2.37. The van der Waals surface area contributed by atoms with Gasteiger partial charge in [0.05, 0.1) is 22.3 Å². The third-order valence-corrected chi connectivity index (χ3v) is 6.42. The second-order valence-corrected chi connectivity index (χ2v) is 9.47. The van der Waals surface area contributed by atoms with Crippen LogP contribution in [0.2, 0.25) is 10.0 Å². The Morgan fingerprint density at radius 1 is 1.12 bits per heavy atom. The van der Waals surface area contributed by atoms with Crippen LogP contribution in [0.1, 0.15) is 28.4 Å². The number of ether oxygens (including phenoxy) is 2. The molecular formula is C28H22Cl2FN5O5. The molecule has 210 valence electrons. The van der Waals surface area contributed by atoms with Crippen molar-refractivity contribution >= 4 is 52.5 Å². The molecule has 2 N–H and O–H groups in total. The van der Waals surface area contributed by atoms with Crippen LogP contribution in [-0.4, -0.2) is 41.7 Å². The van der Waals surface area contributed by atoms with Crippen molar-refractivity contribution in [3.8, 4) is 17.6 Å². The Hall–Kier alpha value is -4.66. The number of carbonyl (C=O) groups is 3. The molecule has 0 spiro atoms. The summed E-state index contributed by atoms with van der Waals surface area (Å²) in [5.74, 6) is -0.972. The number of fused-ring (bicyclic) bond motifs is 1. The zero-order chi connectivity index (χ0) is 29.5. The highest BCUT2D eigenvalue weighted by Crippen LogP contribution is 2.39. The van der Waals surface area contributed by atoms with Gasteiger partial charge in [-0.25, -0.2) is 9.18 Å². The van der Waals surface area contributed by atoms with Crippen molar-refractivity contribution in [3.63, 3.8) is 0 Å². The summed E-state index contributed by atoms with van der Waals surface area (Å²) in [6.07, 6.45) is -0.422. The summed E-state index contributed by atoms with van der Waals surface area (Å²) in [6, 6.07) is 15.5. The third-order valence-electron chi connectivity index (χ3n) is 5.86. The van der Waals surface area contributed by atoms with E-state index in [-0.39, 0.29) is 39.8 Å². The Bertz CT molecular complexity index is 1550. The molecule has 3 amide bonds. The Morgan fingerprint density at radius 2 is 1.83 bits per heavy atom. The van der Waals surface area contributed by atoms with E-state index in [2.05, 4.69) is 15.3 Å². The van der Waals surface area contributed by atoms with Gasteiger partial charge in [-0.1, -0.05) is 35.3 Å². The van der Waals surface area contributed by atoms with Crippen molar-refractivity contribution in [1.82, 2.24) is 10.2 Å². The standard InChI is InChI=1S/C28H22Cl2FN5O5/c1-2-40-28(39)33-26(37)24(14-32)35-34-19-12-22(29)25(23(30)13-19)41-20-7-8-21-17(11-20)9-10-36(27(21)38)15-16-3-5-18(31)6-4-16/h3-8,11-13,34H,2,9-10,15H2,1H3,(H,33,37,39). The van der Waals surface area contributed by atoms with Crippen molar-refractivity contribution in [3.05, 3.63) is 87.2 Å². The zero-order valence-corrected chi connectivity index (χ0v) is 23.1. The van der Waals surface area contributed by atoms with Gasteiger partial charge in [0, 0.05) is 18.7 Å². The van der Waals surface area contributed by atoms with E-state index < -0.39 is 17.7 Å². The first-order valence-corrected chi connectivity index (χ1v) is 13.0. The van der Waals surface area contributed by atoms with Crippen molar-refractivity contribution in [2.24, 2.45) is 5.10 Å². The number of benzene rings is 3. The summed E-state index contributed by atoms with van der Waals surface area (Å²) in [7, 11) is 0. The van der Waals surface area contributed by atoms with Crippen LogP contribution in [0, 0.1) is 17.1 Å². The molecule has 3 aromatic rings. The van der Waals surface area contributed by atoms with Crippen LogP contribution in [0.3, 0.4) is 0 Å². The average molecular weight is 598 g/mol. The van der Waals surface area contributed by atoms with Crippen LogP contribution >= 0.6 is 23.2 Å². The number of imide groups is 1. The average Bonchev–Trinajstić information content (AvgIpc) is 2.94. The normalized spacial score (nSPS) is 12.7. The van der Waals surface area contributed by atoms with Crippen molar-refractivity contribution in [2.75, 3.05) is 18.6 Å². The van der Waals surface area contributed by atoms with Crippen LogP contribution < -0.4 is 15.5 Å². The fraction of sp³-hybridized carbons (Fsp3) is 0.179. The van der Waals surface area contributed by atoms with Crippen LogP contribution in [0.25, 0.3) is 0 Å². The maximum atomic E-state index is 13.2. The number of hydrogen-bond donors (Lipinski definition) is 2. The van der Waals surface area contributed by atoms with E-state index in [9.17, 15) is 24.0 Å². The van der Waals surface area contributed by atoms with E-state index in [1.54, 1.807) is 48.2 Å².